The van der Waals surface area contributed by atoms with Gasteiger partial charge in [0.15, 0.2) is 5.75 Å². The van der Waals surface area contributed by atoms with Crippen molar-refractivity contribution in [1.29, 1.82) is 0 Å². The average molecular weight is 338 g/mol. The summed E-state index contributed by atoms with van der Waals surface area (Å²) >= 11 is 4.25. The second kappa shape index (κ2) is 6.33. The average Bonchev–Trinajstić information content (AvgIpc) is 2.27. The van der Waals surface area contributed by atoms with Gasteiger partial charge in [-0.3, -0.25) is 8.78 Å². The molecule has 0 saturated carbocycles. The third-order valence-corrected chi connectivity index (χ3v) is 1.52. The molecule has 0 aliphatic heterocycles. The van der Waals surface area contributed by atoms with Gasteiger partial charge in [0.05, 0.1) is 18.7 Å². The van der Waals surface area contributed by atoms with Crippen LogP contribution in [0.3, 0.4) is 0 Å². The number of rotatable bonds is 1. The van der Waals surface area contributed by atoms with Crippen molar-refractivity contribution in [2.45, 2.75) is 0 Å². The Kier molecular flexibility index (Phi) is 6.21. The van der Waals surface area contributed by atoms with Gasteiger partial charge in [-0.05, 0) is 0 Å². The summed E-state index contributed by atoms with van der Waals surface area (Å²) in [5, 5.41) is 0. The van der Waals surface area contributed by atoms with Crippen molar-refractivity contribution in [3.8, 4) is 5.75 Å². The molecule has 1 nitrogen and oxygen atoms in total. The predicted molar refractivity (Wildman–Crippen MR) is 46.2 cm³/mol. The quantitative estimate of drug-likeness (QED) is 0.330. The molecule has 0 saturated heterocycles. The van der Waals surface area contributed by atoms with E-state index in [0.717, 1.165) is 7.11 Å². The van der Waals surface area contributed by atoms with Gasteiger partial charge in [0.1, 0.15) is 11.6 Å². The van der Waals surface area contributed by atoms with E-state index in [9.17, 15) is 17.6 Å². The summed E-state index contributed by atoms with van der Waals surface area (Å²) in [7, 11) is 0.906. The first-order valence-electron chi connectivity index (χ1n) is 3.49. The van der Waals surface area contributed by atoms with E-state index in [-0.39, 0.29) is 0 Å². The minimum absolute atomic E-state index is 0.906. The van der Waals surface area contributed by atoms with E-state index in [1.54, 1.807) is 0 Å². The van der Waals surface area contributed by atoms with Gasteiger partial charge in [0, 0.05) is 0 Å². The Morgan fingerprint density at radius 2 is 1.33 bits per heavy atom. The Bertz CT molecular complexity index is 330. The maximum atomic E-state index is 12.8. The van der Waals surface area contributed by atoms with Crippen molar-refractivity contribution in [2.75, 3.05) is 7.11 Å². The van der Waals surface area contributed by atoms with Crippen LogP contribution < -0.4 is 4.74 Å². The van der Waals surface area contributed by atoms with Crippen molar-refractivity contribution >= 4 is 13.6 Å². The standard InChI is InChI=1S/C8H5F4O.BrH.Zn/c1-3-4(9)6(11)8(13-2)7(12)5(3)10;;/h1H2,2H3;1H;/q-1;;+2/p-1. The van der Waals surface area contributed by atoms with Gasteiger partial charge in [-0.2, -0.15) is 6.92 Å². The number of hydrogen-bond acceptors (Lipinski definition) is 1. The first-order valence-corrected chi connectivity index (χ1v) is 10.4. The molecule has 0 aliphatic carbocycles. The Morgan fingerprint density at radius 1 is 1.00 bits per heavy atom. The van der Waals surface area contributed by atoms with Crippen molar-refractivity contribution in [2.24, 2.45) is 0 Å². The molecule has 0 radical (unpaired) electrons. The van der Waals surface area contributed by atoms with Gasteiger partial charge >= 0.3 is 30.0 Å². The summed E-state index contributed by atoms with van der Waals surface area (Å²) in [5.74, 6) is -7.33. The molecule has 0 aliphatic rings. The molecule has 0 unspecified atom stereocenters. The van der Waals surface area contributed by atoms with Crippen LogP contribution in [0, 0.1) is 30.2 Å². The zero-order chi connectivity index (χ0) is 12.2. The number of hydrogen-bond donors (Lipinski definition) is 0. The van der Waals surface area contributed by atoms with E-state index in [1.165, 1.54) is 16.3 Å². The third-order valence-electron chi connectivity index (χ3n) is 1.52. The molecule has 0 spiro atoms. The van der Waals surface area contributed by atoms with Crippen LogP contribution in [0.15, 0.2) is 0 Å². The molecule has 0 heterocycles. The van der Waals surface area contributed by atoms with E-state index in [0.29, 0.717) is 0 Å². The van der Waals surface area contributed by atoms with Gasteiger partial charge in [0.2, 0.25) is 0 Å². The van der Waals surface area contributed by atoms with Gasteiger partial charge < -0.3 is 4.74 Å². The number of benzene rings is 1. The second-order valence-corrected chi connectivity index (χ2v) is 2.27. The summed E-state index contributed by atoms with van der Waals surface area (Å²) < 4.78 is 55.0. The monoisotopic (exact) mass is 336 g/mol. The number of ether oxygens (including phenoxy) is 1. The number of halogens is 5. The fraction of sp³-hybridized carbons (Fsp3) is 0.125. The van der Waals surface area contributed by atoms with Crippen LogP contribution in [0.25, 0.3) is 0 Å². The van der Waals surface area contributed by atoms with Crippen LogP contribution in [-0.4, -0.2) is 7.11 Å². The molecule has 15 heavy (non-hydrogen) atoms. The van der Waals surface area contributed by atoms with Gasteiger partial charge in [-0.1, -0.05) is 0 Å². The number of methoxy groups -OCH3 is 1. The molecule has 0 N–H and O–H groups in total. The Balaban J connectivity index is 0.000000921. The summed E-state index contributed by atoms with van der Waals surface area (Å²) in [6.07, 6.45) is 0. The fourth-order valence-electron chi connectivity index (χ4n) is 0.836. The molecule has 0 atom stereocenters. The van der Waals surface area contributed by atoms with E-state index < -0.39 is 34.6 Å². The fourth-order valence-corrected chi connectivity index (χ4v) is 0.836. The SMILES string of the molecule is [CH2-]c1c(F)c(F)c(OC)c(F)c1F.[Zn+][Br]. The van der Waals surface area contributed by atoms with Crippen molar-refractivity contribution < 1.29 is 38.6 Å². The molecule has 80 valence electrons. The van der Waals surface area contributed by atoms with Crippen molar-refractivity contribution in [3.05, 3.63) is 35.8 Å². The molecule has 0 bridgehead atoms. The van der Waals surface area contributed by atoms with Crippen molar-refractivity contribution in [3.63, 3.8) is 0 Å². The normalized spacial score (nSPS) is 9.33. The predicted octanol–water partition coefficient (Wildman–Crippen LogP) is 3.28. The van der Waals surface area contributed by atoms with Crippen LogP contribution >= 0.6 is 13.6 Å². The Labute approximate surface area is 101 Å². The van der Waals surface area contributed by atoms with Crippen LogP contribution in [-0.2, 0) is 16.3 Å². The minimum atomic E-state index is -1.58. The maximum absolute atomic E-state index is 12.8. The molecule has 1 rings (SSSR count). The van der Waals surface area contributed by atoms with Crippen molar-refractivity contribution in [1.82, 2.24) is 0 Å². The van der Waals surface area contributed by atoms with Gasteiger partial charge in [0.25, 0.3) is 0 Å². The van der Waals surface area contributed by atoms with E-state index in [1.807, 2.05) is 0 Å². The molecular formula is C8H5BrF4OZn. The molecular weight excluding hydrogens is 333 g/mol. The van der Waals surface area contributed by atoms with Gasteiger partial charge in [-0.15, -0.1) is 5.56 Å². The molecule has 7 heteroatoms. The van der Waals surface area contributed by atoms with Crippen LogP contribution in [0.4, 0.5) is 17.6 Å². The first-order chi connectivity index (χ1) is 7.00. The molecule has 0 fully saturated rings. The Hall–Kier alpha value is -0.287. The first kappa shape index (κ1) is 14.7. The van der Waals surface area contributed by atoms with Crippen LogP contribution in [0.5, 0.6) is 5.75 Å². The molecule has 1 aromatic carbocycles. The molecule has 0 amide bonds. The topological polar surface area (TPSA) is 9.23 Å². The summed E-state index contributed by atoms with van der Waals surface area (Å²) in [6.45, 7) is 2.83. The summed E-state index contributed by atoms with van der Waals surface area (Å²) in [5.41, 5.74) is -0.948. The van der Waals surface area contributed by atoms with Gasteiger partial charge in [-0.25, -0.2) is 8.78 Å². The van der Waals surface area contributed by atoms with E-state index >= 15 is 0 Å². The molecule has 1 aromatic rings. The van der Waals surface area contributed by atoms with E-state index in [2.05, 4.69) is 25.3 Å². The third kappa shape index (κ3) is 2.85. The zero-order valence-electron chi connectivity index (χ0n) is 7.71. The zero-order valence-corrected chi connectivity index (χ0v) is 12.3. The van der Waals surface area contributed by atoms with E-state index in [4.69, 9.17) is 0 Å². The van der Waals surface area contributed by atoms with Crippen LogP contribution in [0.1, 0.15) is 5.56 Å². The summed E-state index contributed by atoms with van der Waals surface area (Å²) in [4.78, 5) is 0. The Morgan fingerprint density at radius 3 is 1.60 bits per heavy atom. The van der Waals surface area contributed by atoms with Crippen LogP contribution in [0.2, 0.25) is 0 Å². The summed E-state index contributed by atoms with van der Waals surface area (Å²) in [6, 6.07) is 0. The second-order valence-electron chi connectivity index (χ2n) is 2.27. The molecule has 0 aromatic heterocycles.